The van der Waals surface area contributed by atoms with Crippen LogP contribution >= 0.6 is 0 Å². The number of nitrogens with two attached hydrogens (primary N) is 1. The maximum atomic E-state index is 9.19. The molecule has 0 atom stereocenters. The van der Waals surface area contributed by atoms with Crippen LogP contribution in [-0.2, 0) is 6.54 Å². The number of nitrogen functional groups attached to an aromatic ring is 1. The highest BCUT2D eigenvalue weighted by atomic mass is 15.1. The third-order valence-corrected chi connectivity index (χ3v) is 3.23. The number of hydrogen-bond donors (Lipinski definition) is 1. The molecule has 102 valence electrons. The molecular weight excluding hydrogens is 246 g/mol. The van der Waals surface area contributed by atoms with Crippen LogP contribution in [0.15, 0.2) is 48.5 Å². The van der Waals surface area contributed by atoms with E-state index in [0.29, 0.717) is 0 Å². The number of hydrogen-bond acceptors (Lipinski definition) is 3. The zero-order chi connectivity index (χ0) is 14.4. The first-order chi connectivity index (χ1) is 9.74. The molecule has 0 unspecified atom stereocenters. The maximum Gasteiger partial charge on any atom is 0.0995 e. The minimum absolute atomic E-state index is 0.723. The summed E-state index contributed by atoms with van der Waals surface area (Å²) in [5.41, 5.74) is 9.50. The van der Waals surface area contributed by atoms with Crippen LogP contribution in [-0.4, -0.2) is 6.54 Å². The molecule has 2 N–H and O–H groups in total. The standard InChI is InChI=1S/C17H19N3/c1-2-10-20(17-9-5-8-16(19)11-17)13-15-7-4-3-6-14(15)12-18/h3-9,11H,2,10,13,19H2,1H3. The topological polar surface area (TPSA) is 53.0 Å². The van der Waals surface area contributed by atoms with Crippen molar-refractivity contribution >= 4 is 11.4 Å². The Balaban J connectivity index is 2.28. The van der Waals surface area contributed by atoms with Crippen LogP contribution in [0.5, 0.6) is 0 Å². The highest BCUT2D eigenvalue weighted by Gasteiger charge is 2.09. The van der Waals surface area contributed by atoms with Crippen LogP contribution in [0.2, 0.25) is 0 Å². The van der Waals surface area contributed by atoms with Crippen LogP contribution in [0.3, 0.4) is 0 Å². The molecule has 2 aromatic carbocycles. The Labute approximate surface area is 120 Å². The average molecular weight is 265 g/mol. The van der Waals surface area contributed by atoms with E-state index in [0.717, 1.165) is 42.0 Å². The lowest BCUT2D eigenvalue weighted by Gasteiger charge is -2.25. The van der Waals surface area contributed by atoms with E-state index in [2.05, 4.69) is 24.0 Å². The largest absolute Gasteiger partial charge is 0.399 e. The summed E-state index contributed by atoms with van der Waals surface area (Å²) in [6.07, 6.45) is 1.05. The van der Waals surface area contributed by atoms with Gasteiger partial charge in [0.05, 0.1) is 11.6 Å². The number of nitriles is 1. The van der Waals surface area contributed by atoms with E-state index in [-0.39, 0.29) is 0 Å². The van der Waals surface area contributed by atoms with E-state index in [1.807, 2.05) is 42.5 Å². The van der Waals surface area contributed by atoms with Crippen molar-refractivity contribution < 1.29 is 0 Å². The lowest BCUT2D eigenvalue weighted by atomic mass is 10.1. The summed E-state index contributed by atoms with van der Waals surface area (Å²) in [5.74, 6) is 0. The first-order valence-electron chi connectivity index (χ1n) is 6.83. The summed E-state index contributed by atoms with van der Waals surface area (Å²) in [6.45, 7) is 3.81. The van der Waals surface area contributed by atoms with E-state index in [4.69, 9.17) is 5.73 Å². The highest BCUT2D eigenvalue weighted by molar-refractivity contribution is 5.56. The minimum atomic E-state index is 0.723. The highest BCUT2D eigenvalue weighted by Crippen LogP contribution is 2.21. The van der Waals surface area contributed by atoms with Gasteiger partial charge in [-0.1, -0.05) is 31.2 Å². The van der Waals surface area contributed by atoms with E-state index in [1.54, 1.807) is 0 Å². The molecule has 0 aliphatic rings. The third kappa shape index (κ3) is 3.30. The van der Waals surface area contributed by atoms with Crippen LogP contribution < -0.4 is 10.6 Å². The van der Waals surface area contributed by atoms with Crippen LogP contribution in [0.25, 0.3) is 0 Å². The Hall–Kier alpha value is -2.47. The van der Waals surface area contributed by atoms with E-state index < -0.39 is 0 Å². The van der Waals surface area contributed by atoms with Crippen LogP contribution in [0.1, 0.15) is 24.5 Å². The minimum Gasteiger partial charge on any atom is -0.399 e. The smallest absolute Gasteiger partial charge is 0.0995 e. The van der Waals surface area contributed by atoms with Gasteiger partial charge in [-0.25, -0.2) is 0 Å². The molecule has 0 aliphatic heterocycles. The number of rotatable bonds is 5. The van der Waals surface area contributed by atoms with Crippen molar-refractivity contribution in [3.05, 3.63) is 59.7 Å². The fourth-order valence-corrected chi connectivity index (χ4v) is 2.26. The molecule has 3 heteroatoms. The van der Waals surface area contributed by atoms with E-state index in [9.17, 15) is 5.26 Å². The molecule has 0 saturated heterocycles. The van der Waals surface area contributed by atoms with Crippen molar-refractivity contribution in [2.45, 2.75) is 19.9 Å². The van der Waals surface area contributed by atoms with Crippen molar-refractivity contribution in [2.24, 2.45) is 0 Å². The summed E-state index contributed by atoms with van der Waals surface area (Å²) >= 11 is 0. The molecule has 0 fully saturated rings. The van der Waals surface area contributed by atoms with Crippen molar-refractivity contribution in [2.75, 3.05) is 17.2 Å². The predicted molar refractivity (Wildman–Crippen MR) is 83.4 cm³/mol. The summed E-state index contributed by atoms with van der Waals surface area (Å²) in [7, 11) is 0. The second-order valence-corrected chi connectivity index (χ2v) is 4.79. The Bertz CT molecular complexity index is 614. The van der Waals surface area contributed by atoms with Gasteiger partial charge in [0, 0.05) is 24.5 Å². The second-order valence-electron chi connectivity index (χ2n) is 4.79. The molecule has 3 nitrogen and oxygen atoms in total. The molecular formula is C17H19N3. The van der Waals surface area contributed by atoms with Crippen LogP contribution in [0, 0.1) is 11.3 Å². The number of nitrogens with zero attached hydrogens (tertiary/aromatic N) is 2. The third-order valence-electron chi connectivity index (χ3n) is 3.23. The van der Waals surface area contributed by atoms with Gasteiger partial charge in [0.15, 0.2) is 0 Å². The molecule has 2 rings (SSSR count). The lowest BCUT2D eigenvalue weighted by molar-refractivity contribution is 0.766. The monoisotopic (exact) mass is 265 g/mol. The summed E-state index contributed by atoms with van der Waals surface area (Å²) < 4.78 is 0. The number of anilines is 2. The molecule has 2 aromatic rings. The quantitative estimate of drug-likeness (QED) is 0.841. The van der Waals surface area contributed by atoms with Gasteiger partial charge < -0.3 is 10.6 Å². The summed E-state index contributed by atoms with van der Waals surface area (Å²) in [5, 5.41) is 9.19. The van der Waals surface area contributed by atoms with Gasteiger partial charge in [0.25, 0.3) is 0 Å². The van der Waals surface area contributed by atoms with Gasteiger partial charge in [-0.2, -0.15) is 5.26 Å². The normalized spacial score (nSPS) is 10.0. The Morgan fingerprint density at radius 2 is 1.95 bits per heavy atom. The van der Waals surface area contributed by atoms with Crippen molar-refractivity contribution in [3.8, 4) is 6.07 Å². The van der Waals surface area contributed by atoms with Gasteiger partial charge in [-0.05, 0) is 36.2 Å². The first-order valence-corrected chi connectivity index (χ1v) is 6.83. The van der Waals surface area contributed by atoms with Gasteiger partial charge in [-0.15, -0.1) is 0 Å². The Morgan fingerprint density at radius 3 is 2.65 bits per heavy atom. The van der Waals surface area contributed by atoms with Crippen molar-refractivity contribution in [3.63, 3.8) is 0 Å². The molecule has 20 heavy (non-hydrogen) atoms. The zero-order valence-corrected chi connectivity index (χ0v) is 11.7. The van der Waals surface area contributed by atoms with E-state index in [1.165, 1.54) is 0 Å². The molecule has 0 spiro atoms. The van der Waals surface area contributed by atoms with Gasteiger partial charge in [0.1, 0.15) is 0 Å². The predicted octanol–water partition coefficient (Wildman–Crippen LogP) is 3.56. The molecule has 0 saturated carbocycles. The van der Waals surface area contributed by atoms with E-state index >= 15 is 0 Å². The molecule has 0 radical (unpaired) electrons. The molecule has 0 heterocycles. The first kappa shape index (κ1) is 14.0. The number of benzene rings is 2. The average Bonchev–Trinajstić information content (AvgIpc) is 2.47. The maximum absolute atomic E-state index is 9.19. The zero-order valence-electron chi connectivity index (χ0n) is 11.7. The molecule has 0 amide bonds. The van der Waals surface area contributed by atoms with Gasteiger partial charge in [0.2, 0.25) is 0 Å². The van der Waals surface area contributed by atoms with Crippen molar-refractivity contribution in [1.29, 1.82) is 5.26 Å². The molecule has 0 bridgehead atoms. The Morgan fingerprint density at radius 1 is 1.15 bits per heavy atom. The molecule has 0 aliphatic carbocycles. The fraction of sp³-hybridized carbons (Fsp3) is 0.235. The Kier molecular flexibility index (Phi) is 4.62. The SMILES string of the molecule is CCCN(Cc1ccccc1C#N)c1cccc(N)c1. The van der Waals surface area contributed by atoms with Crippen LogP contribution in [0.4, 0.5) is 11.4 Å². The van der Waals surface area contributed by atoms with Gasteiger partial charge >= 0.3 is 0 Å². The van der Waals surface area contributed by atoms with Gasteiger partial charge in [-0.3, -0.25) is 0 Å². The second kappa shape index (κ2) is 6.63. The summed E-state index contributed by atoms with van der Waals surface area (Å²) in [4.78, 5) is 2.26. The fourth-order valence-electron chi connectivity index (χ4n) is 2.26. The lowest BCUT2D eigenvalue weighted by Crippen LogP contribution is -2.24. The van der Waals surface area contributed by atoms with Crippen molar-refractivity contribution in [1.82, 2.24) is 0 Å². The summed E-state index contributed by atoms with van der Waals surface area (Å²) in [6, 6.07) is 17.9. The molecule has 0 aromatic heterocycles.